The molecule has 2 aromatic carbocycles. The first kappa shape index (κ1) is 18.1. The smallest absolute Gasteiger partial charge is 0.319 e. The maximum atomic E-state index is 11.8. The van der Waals surface area contributed by atoms with E-state index in [9.17, 15) is 4.79 Å². The van der Waals surface area contributed by atoms with Crippen LogP contribution in [0.3, 0.4) is 0 Å². The average molecular weight is 393 g/mol. The minimum Gasteiger partial charge on any atom is -0.492 e. The van der Waals surface area contributed by atoms with Crippen molar-refractivity contribution in [1.82, 2.24) is 5.32 Å². The van der Waals surface area contributed by atoms with Crippen molar-refractivity contribution in [3.8, 4) is 11.5 Å². The fraction of sp³-hybridized carbons (Fsp3) is 0.278. The molecule has 0 bridgehead atoms. The molecule has 0 radical (unpaired) electrons. The largest absolute Gasteiger partial charge is 0.492 e. The Morgan fingerprint density at radius 2 is 1.88 bits per heavy atom. The third kappa shape index (κ3) is 6.50. The lowest BCUT2D eigenvalue weighted by molar-refractivity contribution is 0.242. The van der Waals surface area contributed by atoms with Crippen LogP contribution in [0.15, 0.2) is 53.0 Å². The Balaban J connectivity index is 1.69. The molecule has 128 valence electrons. The first-order chi connectivity index (χ1) is 11.5. The Hall–Kier alpha value is -2.21. The van der Waals surface area contributed by atoms with Gasteiger partial charge in [-0.25, -0.2) is 4.79 Å². The van der Waals surface area contributed by atoms with Crippen LogP contribution < -0.4 is 20.1 Å². The van der Waals surface area contributed by atoms with E-state index in [-0.39, 0.29) is 12.1 Å². The van der Waals surface area contributed by atoms with Crippen molar-refractivity contribution in [1.29, 1.82) is 0 Å². The summed E-state index contributed by atoms with van der Waals surface area (Å²) < 4.78 is 12.1. The Labute approximate surface area is 150 Å². The van der Waals surface area contributed by atoms with Crippen molar-refractivity contribution in [2.75, 3.05) is 18.5 Å². The number of urea groups is 1. The predicted molar refractivity (Wildman–Crippen MR) is 98.9 cm³/mol. The number of amides is 2. The Morgan fingerprint density at radius 1 is 1.12 bits per heavy atom. The van der Waals surface area contributed by atoms with Crippen LogP contribution in [0.25, 0.3) is 0 Å². The van der Waals surface area contributed by atoms with E-state index in [4.69, 9.17) is 9.47 Å². The summed E-state index contributed by atoms with van der Waals surface area (Å²) in [5.41, 5.74) is 0.705. The second-order valence-corrected chi connectivity index (χ2v) is 6.29. The van der Waals surface area contributed by atoms with Crippen LogP contribution >= 0.6 is 15.9 Å². The molecule has 0 heterocycles. The van der Waals surface area contributed by atoms with E-state index in [0.717, 1.165) is 16.0 Å². The second kappa shape index (κ2) is 9.17. The first-order valence-corrected chi connectivity index (χ1v) is 8.52. The number of benzene rings is 2. The molecule has 0 aliphatic carbocycles. The summed E-state index contributed by atoms with van der Waals surface area (Å²) >= 11 is 3.38. The van der Waals surface area contributed by atoms with Crippen molar-refractivity contribution in [3.05, 3.63) is 53.0 Å². The minimum atomic E-state index is -0.273. The molecule has 0 aliphatic rings. The van der Waals surface area contributed by atoms with Gasteiger partial charge in [-0.05, 0) is 56.3 Å². The fourth-order valence-electron chi connectivity index (χ4n) is 1.95. The summed E-state index contributed by atoms with van der Waals surface area (Å²) in [5.74, 6) is 1.53. The highest BCUT2D eigenvalue weighted by Gasteiger charge is 2.03. The van der Waals surface area contributed by atoms with Crippen LogP contribution in [0.5, 0.6) is 11.5 Å². The predicted octanol–water partition coefficient (Wildman–Crippen LogP) is 4.44. The first-order valence-electron chi connectivity index (χ1n) is 7.73. The van der Waals surface area contributed by atoms with Crippen molar-refractivity contribution < 1.29 is 14.3 Å². The monoisotopic (exact) mass is 392 g/mol. The van der Waals surface area contributed by atoms with Gasteiger partial charge < -0.3 is 20.1 Å². The van der Waals surface area contributed by atoms with Crippen LogP contribution in [-0.2, 0) is 0 Å². The number of nitrogens with one attached hydrogen (secondary N) is 2. The molecule has 2 rings (SSSR count). The molecule has 2 amide bonds. The van der Waals surface area contributed by atoms with Crippen LogP contribution in [-0.4, -0.2) is 25.3 Å². The van der Waals surface area contributed by atoms with Gasteiger partial charge in [-0.2, -0.15) is 0 Å². The molecule has 0 spiro atoms. The molecule has 0 unspecified atom stereocenters. The van der Waals surface area contributed by atoms with Crippen LogP contribution in [0.1, 0.15) is 13.8 Å². The highest BCUT2D eigenvalue weighted by molar-refractivity contribution is 9.10. The topological polar surface area (TPSA) is 59.6 Å². The molecule has 6 heteroatoms. The van der Waals surface area contributed by atoms with Gasteiger partial charge >= 0.3 is 6.03 Å². The van der Waals surface area contributed by atoms with Crippen LogP contribution in [0, 0.1) is 0 Å². The standard InChI is InChI=1S/C18H21BrN2O3/c1-13(2)24-16-8-6-15(7-9-16)21-18(22)20-10-11-23-17-5-3-4-14(19)12-17/h3-9,12-13H,10-11H2,1-2H3,(H2,20,21,22). The van der Waals surface area contributed by atoms with Crippen molar-refractivity contribution >= 4 is 27.6 Å². The van der Waals surface area contributed by atoms with Crippen LogP contribution in [0.4, 0.5) is 10.5 Å². The van der Waals surface area contributed by atoms with Gasteiger partial charge in [-0.3, -0.25) is 0 Å². The van der Waals surface area contributed by atoms with E-state index in [1.165, 1.54) is 0 Å². The highest BCUT2D eigenvalue weighted by Crippen LogP contribution is 2.18. The lowest BCUT2D eigenvalue weighted by Crippen LogP contribution is -2.32. The zero-order valence-electron chi connectivity index (χ0n) is 13.7. The fourth-order valence-corrected chi connectivity index (χ4v) is 2.33. The Kier molecular flexibility index (Phi) is 6.93. The van der Waals surface area contributed by atoms with Crippen LogP contribution in [0.2, 0.25) is 0 Å². The zero-order valence-corrected chi connectivity index (χ0v) is 15.3. The molecular formula is C18H21BrN2O3. The molecule has 2 aromatic rings. The van der Waals surface area contributed by atoms with E-state index >= 15 is 0 Å². The highest BCUT2D eigenvalue weighted by atomic mass is 79.9. The quantitative estimate of drug-likeness (QED) is 0.684. The van der Waals surface area contributed by atoms with E-state index in [1.807, 2.05) is 50.2 Å². The lowest BCUT2D eigenvalue weighted by atomic mass is 10.3. The summed E-state index contributed by atoms with van der Waals surface area (Å²) in [7, 11) is 0. The van der Waals surface area contributed by atoms with Gasteiger partial charge in [0.1, 0.15) is 18.1 Å². The van der Waals surface area contributed by atoms with Gasteiger partial charge in [0.2, 0.25) is 0 Å². The minimum absolute atomic E-state index is 0.123. The number of hydrogen-bond acceptors (Lipinski definition) is 3. The van der Waals surface area contributed by atoms with Crippen molar-refractivity contribution in [3.63, 3.8) is 0 Å². The normalized spacial score (nSPS) is 10.3. The van der Waals surface area contributed by atoms with E-state index < -0.39 is 0 Å². The molecule has 0 aromatic heterocycles. The van der Waals surface area contributed by atoms with Crippen molar-refractivity contribution in [2.45, 2.75) is 20.0 Å². The van der Waals surface area contributed by atoms with E-state index in [1.54, 1.807) is 12.1 Å². The van der Waals surface area contributed by atoms with Gasteiger partial charge in [0.15, 0.2) is 0 Å². The van der Waals surface area contributed by atoms with Gasteiger partial charge in [-0.1, -0.05) is 22.0 Å². The molecule has 0 saturated heterocycles. The number of carbonyl (C=O) groups is 1. The molecule has 5 nitrogen and oxygen atoms in total. The molecule has 0 aliphatic heterocycles. The third-order valence-corrected chi connectivity index (χ3v) is 3.43. The van der Waals surface area contributed by atoms with Crippen molar-refractivity contribution in [2.24, 2.45) is 0 Å². The van der Waals surface area contributed by atoms with E-state index in [2.05, 4.69) is 26.6 Å². The number of anilines is 1. The van der Waals surface area contributed by atoms with Gasteiger partial charge in [0, 0.05) is 10.2 Å². The SMILES string of the molecule is CC(C)Oc1ccc(NC(=O)NCCOc2cccc(Br)c2)cc1. The molecule has 0 atom stereocenters. The number of ether oxygens (including phenoxy) is 2. The molecular weight excluding hydrogens is 372 g/mol. The number of carbonyl (C=O) groups excluding carboxylic acids is 1. The number of halogens is 1. The third-order valence-electron chi connectivity index (χ3n) is 2.94. The summed E-state index contributed by atoms with van der Waals surface area (Å²) in [6.07, 6.45) is 0.123. The average Bonchev–Trinajstić information content (AvgIpc) is 2.53. The van der Waals surface area contributed by atoms with Gasteiger partial charge in [0.25, 0.3) is 0 Å². The second-order valence-electron chi connectivity index (χ2n) is 5.38. The maximum Gasteiger partial charge on any atom is 0.319 e. The number of hydrogen-bond donors (Lipinski definition) is 2. The van der Waals surface area contributed by atoms with E-state index in [0.29, 0.717) is 18.8 Å². The zero-order chi connectivity index (χ0) is 17.4. The summed E-state index contributed by atoms with van der Waals surface area (Å²) in [5, 5.41) is 5.51. The molecule has 0 fully saturated rings. The van der Waals surface area contributed by atoms with Gasteiger partial charge in [0.05, 0.1) is 12.6 Å². The summed E-state index contributed by atoms with van der Waals surface area (Å²) in [6, 6.07) is 14.5. The van der Waals surface area contributed by atoms with Gasteiger partial charge in [-0.15, -0.1) is 0 Å². The molecule has 24 heavy (non-hydrogen) atoms. The lowest BCUT2D eigenvalue weighted by Gasteiger charge is -2.11. The number of rotatable bonds is 7. The Morgan fingerprint density at radius 3 is 2.54 bits per heavy atom. The maximum absolute atomic E-state index is 11.8. The molecule has 2 N–H and O–H groups in total. The summed E-state index contributed by atoms with van der Waals surface area (Å²) in [4.78, 5) is 11.8. The summed E-state index contributed by atoms with van der Waals surface area (Å²) in [6.45, 7) is 4.74. The Bertz CT molecular complexity index is 660. The molecule has 0 saturated carbocycles.